The van der Waals surface area contributed by atoms with E-state index in [1.165, 1.54) is 81.9 Å². The maximum Gasteiger partial charge on any atom is 0.394 e. The molecule has 0 aromatic heterocycles. The lowest BCUT2D eigenvalue weighted by Gasteiger charge is -2.14. The van der Waals surface area contributed by atoms with Crippen molar-refractivity contribution in [2.75, 3.05) is 26.2 Å². The van der Waals surface area contributed by atoms with Crippen LogP contribution in [0.4, 0.5) is 0 Å². The van der Waals surface area contributed by atoms with Gasteiger partial charge in [-0.3, -0.25) is 18.8 Å². The fourth-order valence-electron chi connectivity index (χ4n) is 4.19. The molecule has 0 spiro atoms. The van der Waals surface area contributed by atoms with Crippen molar-refractivity contribution >= 4 is 33.6 Å². The van der Waals surface area contributed by atoms with Crippen LogP contribution in [0.2, 0.25) is 0 Å². The molecule has 2 unspecified atom stereocenters. The van der Waals surface area contributed by atoms with Crippen molar-refractivity contribution in [3.63, 3.8) is 0 Å². The maximum atomic E-state index is 11.3. The molecule has 0 radical (unpaired) electrons. The second-order valence-corrected chi connectivity index (χ2v) is 10.8. The number of quaternary nitrogens is 1. The summed E-state index contributed by atoms with van der Waals surface area (Å²) in [4.78, 5) is 25.8. The third kappa shape index (κ3) is 29.6. The highest BCUT2D eigenvalue weighted by Crippen LogP contribution is 2.12. The van der Waals surface area contributed by atoms with Crippen molar-refractivity contribution in [3.8, 4) is 0 Å². The number of nitrogens with zero attached hydrogens (tertiary/aromatic N) is 1. The molecule has 2 fully saturated rings. The lowest BCUT2D eigenvalue weighted by atomic mass is 10.1. The van der Waals surface area contributed by atoms with Crippen LogP contribution in [0.25, 0.3) is 0 Å². The Morgan fingerprint density at radius 1 is 0.895 bits per heavy atom. The molecule has 0 aromatic rings. The SMILES string of the molecule is CCCCCCCCN1CCCC1=O.CCCCCCCC[NH+]1CCCC1=O.O=S(=O)(O)O.O=S([O-])O[O-]. The number of nitrogens with one attached hydrogen (secondary N) is 1. The zero-order valence-electron chi connectivity index (χ0n) is 23.1. The van der Waals surface area contributed by atoms with Crippen molar-refractivity contribution in [3.05, 3.63) is 0 Å². The van der Waals surface area contributed by atoms with Gasteiger partial charge in [0.05, 0.1) is 30.9 Å². The molecule has 38 heavy (non-hydrogen) atoms. The quantitative estimate of drug-likeness (QED) is 0.0837. The van der Waals surface area contributed by atoms with Gasteiger partial charge in [-0.2, -0.15) is 8.42 Å². The van der Waals surface area contributed by atoms with Crippen LogP contribution in [0, 0.1) is 0 Å². The van der Waals surface area contributed by atoms with Gasteiger partial charge in [-0.15, -0.1) is 0 Å². The largest absolute Gasteiger partial charge is 0.750 e. The summed E-state index contributed by atoms with van der Waals surface area (Å²) >= 11 is -2.88. The highest BCUT2D eigenvalue weighted by Gasteiger charge is 2.24. The van der Waals surface area contributed by atoms with Crippen molar-refractivity contribution in [1.82, 2.24) is 4.90 Å². The predicted octanol–water partition coefficient (Wildman–Crippen LogP) is 1.94. The summed E-state index contributed by atoms with van der Waals surface area (Å²) in [5.41, 5.74) is 0. The first-order valence-corrected chi connectivity index (χ1v) is 16.1. The first-order chi connectivity index (χ1) is 18.0. The molecule has 14 heteroatoms. The molecule has 228 valence electrons. The molecule has 3 N–H and O–H groups in total. The number of unbranched alkanes of at least 4 members (excludes halogenated alkanes) is 10. The van der Waals surface area contributed by atoms with Gasteiger partial charge in [0.15, 0.2) is 0 Å². The van der Waals surface area contributed by atoms with Crippen molar-refractivity contribution < 1.29 is 50.4 Å². The van der Waals surface area contributed by atoms with E-state index in [0.29, 0.717) is 11.8 Å². The summed E-state index contributed by atoms with van der Waals surface area (Å²) in [7, 11) is -4.67. The van der Waals surface area contributed by atoms with Gasteiger partial charge < -0.3 is 19.0 Å². The first-order valence-electron chi connectivity index (χ1n) is 13.7. The van der Waals surface area contributed by atoms with Gasteiger partial charge in [-0.25, -0.2) is 9.00 Å². The number of carbonyl (C=O) groups is 2. The zero-order chi connectivity index (χ0) is 29.2. The van der Waals surface area contributed by atoms with Crippen molar-refractivity contribution in [2.24, 2.45) is 0 Å². The fraction of sp³-hybridized carbons (Fsp3) is 0.917. The summed E-state index contributed by atoms with van der Waals surface area (Å²) in [5, 5.41) is 8.52. The van der Waals surface area contributed by atoms with Crippen LogP contribution in [-0.4, -0.2) is 69.2 Å². The zero-order valence-corrected chi connectivity index (χ0v) is 24.7. The molecule has 0 saturated carbocycles. The van der Waals surface area contributed by atoms with Crippen LogP contribution in [0.5, 0.6) is 0 Å². The Kier molecular flexibility index (Phi) is 27.0. The second-order valence-electron chi connectivity index (χ2n) is 9.37. The molecule has 0 aromatic carbocycles. The van der Waals surface area contributed by atoms with E-state index in [4.69, 9.17) is 31.5 Å². The molecule has 2 atom stereocenters. The van der Waals surface area contributed by atoms with Crippen LogP contribution in [0.15, 0.2) is 0 Å². The molecule has 12 nitrogen and oxygen atoms in total. The molecule has 2 amide bonds. The molecular weight excluding hydrogens is 540 g/mol. The average Bonchev–Trinajstić information content (AvgIpc) is 3.45. The Morgan fingerprint density at radius 2 is 1.37 bits per heavy atom. The van der Waals surface area contributed by atoms with E-state index < -0.39 is 21.8 Å². The highest BCUT2D eigenvalue weighted by atomic mass is 32.3. The van der Waals surface area contributed by atoms with Crippen LogP contribution in [0.1, 0.15) is 117 Å². The number of likely N-dealkylation sites (tertiary alicyclic amines) is 2. The first kappa shape index (κ1) is 39.1. The Labute approximate surface area is 231 Å². The van der Waals surface area contributed by atoms with Gasteiger partial charge in [0.2, 0.25) is 5.91 Å². The molecule has 2 aliphatic heterocycles. The Morgan fingerprint density at radius 3 is 1.76 bits per heavy atom. The molecule has 2 saturated heterocycles. The topological polar surface area (TPSA) is 189 Å². The van der Waals surface area contributed by atoms with Gasteiger partial charge in [0.1, 0.15) is 0 Å². The normalized spacial score (nSPS) is 17.6. The van der Waals surface area contributed by atoms with E-state index in [1.54, 1.807) is 0 Å². The van der Waals surface area contributed by atoms with Crippen LogP contribution in [0.3, 0.4) is 0 Å². The number of amides is 2. The Bertz CT molecular complexity index is 677. The minimum Gasteiger partial charge on any atom is -0.750 e. The predicted molar refractivity (Wildman–Crippen MR) is 142 cm³/mol. The molecule has 0 aliphatic carbocycles. The fourth-order valence-corrected chi connectivity index (χ4v) is 4.19. The standard InChI is InChI=1S/2C12H23NO.2H2O4S/c2*1-2-3-4-5-6-7-10-13-11-8-9-12(13)14;1-5(2,3)4;1-4-5(2)3/h2*2-11H2,1H3;(H2,1,2,3,4);1H,(H,2,3)/p-1. The molecule has 2 heterocycles. The van der Waals surface area contributed by atoms with Crippen molar-refractivity contribution in [1.29, 1.82) is 0 Å². The smallest absolute Gasteiger partial charge is 0.394 e. The van der Waals surface area contributed by atoms with Gasteiger partial charge >= 0.3 is 16.3 Å². The summed E-state index contributed by atoms with van der Waals surface area (Å²) < 4.78 is 51.7. The van der Waals surface area contributed by atoms with E-state index in [-0.39, 0.29) is 0 Å². The van der Waals surface area contributed by atoms with E-state index in [1.807, 2.05) is 4.90 Å². The average molecular weight is 590 g/mol. The molecule has 0 bridgehead atoms. The summed E-state index contributed by atoms with van der Waals surface area (Å²) in [6, 6.07) is 0. The lowest BCUT2D eigenvalue weighted by molar-refractivity contribution is -0.811. The third-order valence-electron chi connectivity index (χ3n) is 6.12. The van der Waals surface area contributed by atoms with Crippen LogP contribution in [-0.2, 0) is 35.7 Å². The van der Waals surface area contributed by atoms with Crippen molar-refractivity contribution in [2.45, 2.75) is 117 Å². The molecular formula is C24H49N2O10S2-. The molecule has 2 rings (SSSR count). The Balaban J connectivity index is 0. The minimum absolute atomic E-state index is 0.374. The van der Waals surface area contributed by atoms with Gasteiger partial charge in [0.25, 0.3) is 0 Å². The number of rotatable bonds is 15. The number of carbonyl (C=O) groups excluding carboxylic acids is 2. The van der Waals surface area contributed by atoms with Crippen LogP contribution < -0.4 is 10.2 Å². The van der Waals surface area contributed by atoms with Gasteiger partial charge in [-0.1, -0.05) is 71.6 Å². The monoisotopic (exact) mass is 589 g/mol. The maximum absolute atomic E-state index is 11.3. The Hall–Kier alpha value is -1.00. The molecule has 2 aliphatic rings. The van der Waals surface area contributed by atoms with E-state index in [9.17, 15) is 9.59 Å². The van der Waals surface area contributed by atoms with Gasteiger partial charge in [0, 0.05) is 25.9 Å². The van der Waals surface area contributed by atoms with Gasteiger partial charge in [-0.05, 0) is 25.7 Å². The summed E-state index contributed by atoms with van der Waals surface area (Å²) in [6.45, 7) is 8.67. The number of hydrogen-bond donors (Lipinski definition) is 3. The lowest BCUT2D eigenvalue weighted by Crippen LogP contribution is -3.12. The summed E-state index contributed by atoms with van der Waals surface area (Å²) in [6.07, 6.45) is 19.7. The number of hydrogen-bond acceptors (Lipinski definition) is 8. The summed E-state index contributed by atoms with van der Waals surface area (Å²) in [5.74, 6) is 0.831. The van der Waals surface area contributed by atoms with E-state index in [0.717, 1.165) is 51.9 Å². The highest BCUT2D eigenvalue weighted by molar-refractivity contribution is 7.79. The third-order valence-corrected chi connectivity index (χ3v) is 6.23. The van der Waals surface area contributed by atoms with E-state index in [2.05, 4.69) is 18.2 Å². The second kappa shape index (κ2) is 26.2. The minimum atomic E-state index is -4.67. The van der Waals surface area contributed by atoms with E-state index >= 15 is 0 Å². The van der Waals surface area contributed by atoms with Crippen LogP contribution >= 0.6 is 0 Å².